The Bertz CT molecular complexity index is 390. The third kappa shape index (κ3) is 5.09. The zero-order valence-electron chi connectivity index (χ0n) is 11.5. The fraction of sp³-hybridized carbons (Fsp3) is 0.375. The van der Waals surface area contributed by atoms with Gasteiger partial charge in [-0.3, -0.25) is 0 Å². The summed E-state index contributed by atoms with van der Waals surface area (Å²) in [6.45, 7) is 7.08. The van der Waals surface area contributed by atoms with Gasteiger partial charge in [-0.15, -0.1) is 0 Å². The van der Waals surface area contributed by atoms with Crippen LogP contribution in [0.4, 0.5) is 5.69 Å². The predicted molar refractivity (Wildman–Crippen MR) is 80.4 cm³/mol. The molecule has 0 atom stereocenters. The highest BCUT2D eigenvalue weighted by Crippen LogP contribution is 2.10. The van der Waals surface area contributed by atoms with Crippen molar-refractivity contribution in [1.29, 1.82) is 0 Å². The van der Waals surface area contributed by atoms with Crippen LogP contribution in [0.25, 0.3) is 0 Å². The van der Waals surface area contributed by atoms with Gasteiger partial charge in [0.2, 0.25) is 0 Å². The average molecular weight is 244 g/mol. The molecule has 0 unspecified atom stereocenters. The molecule has 0 aliphatic heterocycles. The van der Waals surface area contributed by atoms with Gasteiger partial charge in [-0.05, 0) is 50.0 Å². The van der Waals surface area contributed by atoms with E-state index in [0.717, 1.165) is 24.4 Å². The minimum Gasteiger partial charge on any atom is -0.399 e. The Morgan fingerprint density at radius 3 is 2.56 bits per heavy atom. The number of hydrogen-bond donors (Lipinski definition) is 1. The first kappa shape index (κ1) is 14.4. The molecule has 2 N–H and O–H groups in total. The molecule has 0 fully saturated rings. The van der Waals surface area contributed by atoms with Gasteiger partial charge in [-0.1, -0.05) is 24.8 Å². The Morgan fingerprint density at radius 2 is 1.94 bits per heavy atom. The maximum absolute atomic E-state index is 5.66. The number of hydrogen-bond acceptors (Lipinski definition) is 2. The molecule has 1 aromatic carbocycles. The predicted octanol–water partition coefficient (Wildman–Crippen LogP) is 3.61. The Hall–Kier alpha value is -1.70. The fourth-order valence-electron chi connectivity index (χ4n) is 1.83. The second kappa shape index (κ2) is 7.59. The number of rotatable bonds is 7. The van der Waals surface area contributed by atoms with E-state index < -0.39 is 0 Å². The van der Waals surface area contributed by atoms with Crippen LogP contribution in [0.2, 0.25) is 0 Å². The second-order valence-corrected chi connectivity index (χ2v) is 4.61. The summed E-state index contributed by atoms with van der Waals surface area (Å²) >= 11 is 0. The standard InChI is InChI=1S/C16H24N2/c1-4-7-14(2)18(3)13-6-5-8-15-9-11-16(17)12-10-15/h4,7,9-12H,2,5-6,8,13,17H2,1,3H3/b7-4-. The van der Waals surface area contributed by atoms with E-state index in [1.165, 1.54) is 18.4 Å². The van der Waals surface area contributed by atoms with Crippen LogP contribution in [0, 0.1) is 0 Å². The van der Waals surface area contributed by atoms with Gasteiger partial charge in [0.05, 0.1) is 0 Å². The molecule has 0 radical (unpaired) electrons. The monoisotopic (exact) mass is 244 g/mol. The molecule has 0 saturated heterocycles. The SMILES string of the molecule is C=C(/C=C\C)N(C)CCCCc1ccc(N)cc1. The molecule has 0 heterocycles. The number of nitrogens with two attached hydrogens (primary N) is 1. The number of benzene rings is 1. The summed E-state index contributed by atoms with van der Waals surface area (Å²) in [5.41, 5.74) is 8.93. The highest BCUT2D eigenvalue weighted by atomic mass is 15.1. The van der Waals surface area contributed by atoms with Crippen LogP contribution < -0.4 is 5.73 Å². The first-order valence-corrected chi connectivity index (χ1v) is 6.50. The number of nitrogen functional groups attached to an aromatic ring is 1. The third-order valence-corrected chi connectivity index (χ3v) is 3.04. The van der Waals surface area contributed by atoms with E-state index in [1.54, 1.807) is 0 Å². The molecule has 0 aromatic heterocycles. The Morgan fingerprint density at radius 1 is 1.28 bits per heavy atom. The number of unbranched alkanes of at least 4 members (excludes halogenated alkanes) is 1. The van der Waals surface area contributed by atoms with Gasteiger partial charge >= 0.3 is 0 Å². The van der Waals surface area contributed by atoms with Crippen LogP contribution in [0.3, 0.4) is 0 Å². The number of anilines is 1. The zero-order valence-corrected chi connectivity index (χ0v) is 11.5. The molecule has 0 spiro atoms. The molecule has 98 valence electrons. The molecular formula is C16H24N2. The fourth-order valence-corrected chi connectivity index (χ4v) is 1.83. The minimum absolute atomic E-state index is 0.834. The van der Waals surface area contributed by atoms with E-state index in [0.29, 0.717) is 0 Å². The first-order valence-electron chi connectivity index (χ1n) is 6.50. The van der Waals surface area contributed by atoms with Crippen molar-refractivity contribution in [2.45, 2.75) is 26.2 Å². The van der Waals surface area contributed by atoms with Crippen LogP contribution >= 0.6 is 0 Å². The smallest absolute Gasteiger partial charge is 0.0314 e. The van der Waals surface area contributed by atoms with Crippen molar-refractivity contribution < 1.29 is 0 Å². The van der Waals surface area contributed by atoms with E-state index in [2.05, 4.69) is 30.7 Å². The molecule has 1 rings (SSSR count). The summed E-state index contributed by atoms with van der Waals surface area (Å²) < 4.78 is 0. The van der Waals surface area contributed by atoms with Crippen LogP contribution in [0.5, 0.6) is 0 Å². The average Bonchev–Trinajstić information content (AvgIpc) is 2.36. The lowest BCUT2D eigenvalue weighted by Gasteiger charge is -2.19. The molecule has 0 saturated carbocycles. The summed E-state index contributed by atoms with van der Waals surface area (Å²) in [7, 11) is 2.09. The summed E-state index contributed by atoms with van der Waals surface area (Å²) in [4.78, 5) is 2.20. The first-order chi connectivity index (χ1) is 8.63. The topological polar surface area (TPSA) is 29.3 Å². The van der Waals surface area contributed by atoms with Gasteiger partial charge < -0.3 is 10.6 Å². The van der Waals surface area contributed by atoms with Gasteiger partial charge in [0.15, 0.2) is 0 Å². The highest BCUT2D eigenvalue weighted by Gasteiger charge is 1.99. The van der Waals surface area contributed by atoms with Crippen molar-refractivity contribution in [3.8, 4) is 0 Å². The minimum atomic E-state index is 0.834. The van der Waals surface area contributed by atoms with E-state index in [4.69, 9.17) is 5.73 Å². The van der Waals surface area contributed by atoms with Crippen LogP contribution in [-0.2, 0) is 6.42 Å². The third-order valence-electron chi connectivity index (χ3n) is 3.04. The number of allylic oxidation sites excluding steroid dienone is 2. The summed E-state index contributed by atoms with van der Waals surface area (Å²) in [6, 6.07) is 8.15. The van der Waals surface area contributed by atoms with Crippen molar-refractivity contribution in [3.05, 3.63) is 54.3 Å². The lowest BCUT2D eigenvalue weighted by Crippen LogP contribution is -2.17. The number of aryl methyl sites for hydroxylation is 1. The van der Waals surface area contributed by atoms with Gasteiger partial charge in [0, 0.05) is 25.0 Å². The molecule has 2 heteroatoms. The normalized spacial score (nSPS) is 10.8. The van der Waals surface area contributed by atoms with E-state index in [1.807, 2.05) is 31.2 Å². The van der Waals surface area contributed by atoms with Gasteiger partial charge in [-0.25, -0.2) is 0 Å². The maximum atomic E-state index is 5.66. The maximum Gasteiger partial charge on any atom is 0.0314 e. The van der Waals surface area contributed by atoms with Crippen LogP contribution in [-0.4, -0.2) is 18.5 Å². The molecule has 0 bridgehead atoms. The molecule has 0 aliphatic carbocycles. The highest BCUT2D eigenvalue weighted by molar-refractivity contribution is 5.39. The molecule has 18 heavy (non-hydrogen) atoms. The Balaban J connectivity index is 2.22. The Kier molecular flexibility index (Phi) is 6.06. The van der Waals surface area contributed by atoms with E-state index in [-0.39, 0.29) is 0 Å². The van der Waals surface area contributed by atoms with Crippen LogP contribution in [0.15, 0.2) is 48.7 Å². The lowest BCUT2D eigenvalue weighted by atomic mass is 10.1. The van der Waals surface area contributed by atoms with Gasteiger partial charge in [-0.2, -0.15) is 0 Å². The summed E-state index contributed by atoms with van der Waals surface area (Å²) in [5, 5.41) is 0. The quantitative estimate of drug-likeness (QED) is 0.451. The summed E-state index contributed by atoms with van der Waals surface area (Å²) in [6.07, 6.45) is 7.55. The molecular weight excluding hydrogens is 220 g/mol. The van der Waals surface area contributed by atoms with Crippen molar-refractivity contribution in [2.75, 3.05) is 19.3 Å². The summed E-state index contributed by atoms with van der Waals surface area (Å²) in [5.74, 6) is 0. The van der Waals surface area contributed by atoms with Gasteiger partial charge in [0.25, 0.3) is 0 Å². The largest absolute Gasteiger partial charge is 0.399 e. The number of nitrogens with zero attached hydrogens (tertiary/aromatic N) is 1. The van der Waals surface area contributed by atoms with Crippen molar-refractivity contribution in [1.82, 2.24) is 4.90 Å². The Labute approximate surface area is 111 Å². The number of likely N-dealkylation sites (N-methyl/N-ethyl adjacent to an activating group) is 1. The van der Waals surface area contributed by atoms with Gasteiger partial charge in [0.1, 0.15) is 0 Å². The van der Waals surface area contributed by atoms with E-state index in [9.17, 15) is 0 Å². The van der Waals surface area contributed by atoms with Crippen molar-refractivity contribution in [2.24, 2.45) is 0 Å². The molecule has 0 aliphatic rings. The second-order valence-electron chi connectivity index (χ2n) is 4.61. The lowest BCUT2D eigenvalue weighted by molar-refractivity contribution is 0.415. The zero-order chi connectivity index (χ0) is 13.4. The molecule has 0 amide bonds. The van der Waals surface area contributed by atoms with E-state index >= 15 is 0 Å². The molecule has 2 nitrogen and oxygen atoms in total. The van der Waals surface area contributed by atoms with Crippen LogP contribution in [0.1, 0.15) is 25.3 Å². The van der Waals surface area contributed by atoms with Crippen molar-refractivity contribution >= 4 is 5.69 Å². The van der Waals surface area contributed by atoms with Crippen molar-refractivity contribution in [3.63, 3.8) is 0 Å². The molecule has 1 aromatic rings.